The second-order valence-electron chi connectivity index (χ2n) is 11.2. The number of halogens is 1. The minimum absolute atomic E-state index is 0.275. The summed E-state index contributed by atoms with van der Waals surface area (Å²) in [6.45, 7) is 2.11. The van der Waals surface area contributed by atoms with Gasteiger partial charge in [0.05, 0.1) is 16.7 Å². The zero-order valence-corrected chi connectivity index (χ0v) is 24.5. The predicted molar refractivity (Wildman–Crippen MR) is 181 cm³/mol. The SMILES string of the molecule is Cc1ccc2c(c1)c1ccccc1n2-c1cc(-c2cccc(F)c2)ccc1-c1nc(-c2ccccc2)nc(-c2ccccc2)n1. The zero-order valence-electron chi connectivity index (χ0n) is 24.5. The highest BCUT2D eigenvalue weighted by Gasteiger charge is 2.20. The van der Waals surface area contributed by atoms with Crippen LogP contribution in [-0.2, 0) is 0 Å². The second-order valence-corrected chi connectivity index (χ2v) is 11.2. The fourth-order valence-electron chi connectivity index (χ4n) is 6.03. The van der Waals surface area contributed by atoms with Gasteiger partial charge in [-0.3, -0.25) is 0 Å². The Hall–Kier alpha value is -5.94. The van der Waals surface area contributed by atoms with E-state index in [0.717, 1.165) is 49.9 Å². The molecule has 8 rings (SSSR count). The van der Waals surface area contributed by atoms with Crippen LogP contribution in [0.5, 0.6) is 0 Å². The first-order valence-electron chi connectivity index (χ1n) is 14.9. The van der Waals surface area contributed by atoms with Crippen molar-refractivity contribution in [3.8, 4) is 51.0 Å². The Balaban J connectivity index is 1.46. The second kappa shape index (κ2) is 11.0. The van der Waals surface area contributed by atoms with E-state index in [4.69, 9.17) is 15.0 Å². The summed E-state index contributed by atoms with van der Waals surface area (Å²) in [7, 11) is 0. The molecule has 0 atom stereocenters. The number of fused-ring (bicyclic) bond motifs is 3. The van der Waals surface area contributed by atoms with Crippen molar-refractivity contribution in [1.29, 1.82) is 0 Å². The third kappa shape index (κ3) is 4.85. The van der Waals surface area contributed by atoms with Gasteiger partial charge in [0.25, 0.3) is 0 Å². The van der Waals surface area contributed by atoms with Crippen molar-refractivity contribution in [3.63, 3.8) is 0 Å². The van der Waals surface area contributed by atoms with E-state index in [-0.39, 0.29) is 5.82 Å². The van der Waals surface area contributed by atoms with Gasteiger partial charge < -0.3 is 4.57 Å². The van der Waals surface area contributed by atoms with Crippen LogP contribution in [0.15, 0.2) is 146 Å². The van der Waals surface area contributed by atoms with Crippen LogP contribution in [0.3, 0.4) is 0 Å². The highest BCUT2D eigenvalue weighted by atomic mass is 19.1. The van der Waals surface area contributed by atoms with E-state index < -0.39 is 0 Å². The van der Waals surface area contributed by atoms with Gasteiger partial charge in [-0.05, 0) is 60.5 Å². The Kier molecular flexibility index (Phi) is 6.50. The molecule has 0 aliphatic carbocycles. The summed E-state index contributed by atoms with van der Waals surface area (Å²) >= 11 is 0. The van der Waals surface area contributed by atoms with E-state index in [1.165, 1.54) is 17.0 Å². The molecule has 6 aromatic carbocycles. The summed E-state index contributed by atoms with van der Waals surface area (Å²) in [5.41, 5.74) is 8.57. The van der Waals surface area contributed by atoms with Crippen LogP contribution in [0, 0.1) is 12.7 Å². The Bertz CT molecular complexity index is 2290. The maximum Gasteiger partial charge on any atom is 0.166 e. The number of para-hydroxylation sites is 1. The Labute approximate surface area is 260 Å². The van der Waals surface area contributed by atoms with Crippen molar-refractivity contribution in [2.24, 2.45) is 0 Å². The topological polar surface area (TPSA) is 43.6 Å². The molecule has 0 N–H and O–H groups in total. The lowest BCUT2D eigenvalue weighted by Gasteiger charge is -2.16. The van der Waals surface area contributed by atoms with Gasteiger partial charge in [-0.25, -0.2) is 19.3 Å². The fraction of sp³-hybridized carbons (Fsp3) is 0.0250. The fourth-order valence-corrected chi connectivity index (χ4v) is 6.03. The van der Waals surface area contributed by atoms with Gasteiger partial charge in [0, 0.05) is 27.5 Å². The molecular formula is C40H27FN4. The molecule has 2 aromatic heterocycles. The monoisotopic (exact) mass is 582 g/mol. The highest BCUT2D eigenvalue weighted by molar-refractivity contribution is 6.10. The van der Waals surface area contributed by atoms with Crippen molar-refractivity contribution < 1.29 is 4.39 Å². The van der Waals surface area contributed by atoms with Gasteiger partial charge in [0.1, 0.15) is 5.82 Å². The molecule has 0 aliphatic rings. The molecule has 0 fully saturated rings. The van der Waals surface area contributed by atoms with Crippen LogP contribution in [0.4, 0.5) is 4.39 Å². The average Bonchev–Trinajstić information content (AvgIpc) is 3.42. The third-order valence-corrected chi connectivity index (χ3v) is 8.16. The summed E-state index contributed by atoms with van der Waals surface area (Å²) in [4.78, 5) is 15.0. The van der Waals surface area contributed by atoms with Gasteiger partial charge in [0.2, 0.25) is 0 Å². The van der Waals surface area contributed by atoms with Crippen molar-refractivity contribution in [2.75, 3.05) is 0 Å². The molecule has 0 radical (unpaired) electrons. The van der Waals surface area contributed by atoms with Crippen LogP contribution in [0.25, 0.3) is 72.8 Å². The standard InChI is InChI=1S/C40H27FN4/c1-26-19-22-36-34(23-26)32-17-8-9-18-35(32)45(36)37-25-30(29-15-10-16-31(41)24-29)20-21-33(37)40-43-38(27-11-4-2-5-12-27)42-39(44-40)28-13-6-3-7-14-28/h2-25H,1H3. The number of benzene rings is 6. The summed E-state index contributed by atoms with van der Waals surface area (Å²) in [6, 6.07) is 47.8. The Morgan fingerprint density at radius 1 is 0.467 bits per heavy atom. The summed E-state index contributed by atoms with van der Waals surface area (Å²) < 4.78 is 16.7. The quantitative estimate of drug-likeness (QED) is 0.203. The predicted octanol–water partition coefficient (Wildman–Crippen LogP) is 10.1. The molecule has 0 unspecified atom stereocenters. The van der Waals surface area contributed by atoms with Crippen LogP contribution in [0.1, 0.15) is 5.56 Å². The molecule has 0 saturated carbocycles. The van der Waals surface area contributed by atoms with E-state index in [1.54, 1.807) is 12.1 Å². The van der Waals surface area contributed by atoms with E-state index in [0.29, 0.717) is 17.5 Å². The third-order valence-electron chi connectivity index (χ3n) is 8.16. The minimum atomic E-state index is -0.275. The highest BCUT2D eigenvalue weighted by Crippen LogP contribution is 2.38. The van der Waals surface area contributed by atoms with Crippen molar-refractivity contribution >= 4 is 21.8 Å². The van der Waals surface area contributed by atoms with Crippen molar-refractivity contribution in [3.05, 3.63) is 157 Å². The van der Waals surface area contributed by atoms with Gasteiger partial charge in [-0.15, -0.1) is 0 Å². The maximum absolute atomic E-state index is 14.4. The molecule has 0 aliphatic heterocycles. The van der Waals surface area contributed by atoms with E-state index in [9.17, 15) is 4.39 Å². The number of aryl methyl sites for hydroxylation is 1. The van der Waals surface area contributed by atoms with Gasteiger partial charge >= 0.3 is 0 Å². The maximum atomic E-state index is 14.4. The summed E-state index contributed by atoms with van der Waals surface area (Å²) in [5, 5.41) is 2.32. The number of hydrogen-bond donors (Lipinski definition) is 0. The normalized spacial score (nSPS) is 11.3. The minimum Gasteiger partial charge on any atom is -0.308 e. The molecule has 8 aromatic rings. The lowest BCUT2D eigenvalue weighted by Crippen LogP contribution is -2.04. The lowest BCUT2D eigenvalue weighted by atomic mass is 10.0. The molecule has 2 heterocycles. The van der Waals surface area contributed by atoms with E-state index in [2.05, 4.69) is 60.0 Å². The summed E-state index contributed by atoms with van der Waals surface area (Å²) in [5.74, 6) is 1.47. The smallest absolute Gasteiger partial charge is 0.166 e. The van der Waals surface area contributed by atoms with Crippen LogP contribution in [0.2, 0.25) is 0 Å². The van der Waals surface area contributed by atoms with Crippen molar-refractivity contribution in [2.45, 2.75) is 6.92 Å². The molecule has 45 heavy (non-hydrogen) atoms. The molecule has 214 valence electrons. The molecule has 4 nitrogen and oxygen atoms in total. The molecule has 5 heteroatoms. The van der Waals surface area contributed by atoms with Gasteiger partial charge in [-0.1, -0.05) is 109 Å². The number of aromatic nitrogens is 4. The molecule has 0 amide bonds. The first kappa shape index (κ1) is 26.7. The Morgan fingerprint density at radius 3 is 1.78 bits per heavy atom. The number of hydrogen-bond acceptors (Lipinski definition) is 3. The number of rotatable bonds is 5. The molecule has 0 bridgehead atoms. The average molecular weight is 583 g/mol. The van der Waals surface area contributed by atoms with E-state index >= 15 is 0 Å². The molecule has 0 spiro atoms. The molecular weight excluding hydrogens is 555 g/mol. The Morgan fingerprint density at radius 2 is 1.07 bits per heavy atom. The first-order valence-corrected chi connectivity index (χ1v) is 14.9. The lowest BCUT2D eigenvalue weighted by molar-refractivity contribution is 0.628. The zero-order chi connectivity index (χ0) is 30.3. The van der Waals surface area contributed by atoms with E-state index in [1.807, 2.05) is 78.9 Å². The first-order chi connectivity index (χ1) is 22.1. The van der Waals surface area contributed by atoms with Crippen LogP contribution < -0.4 is 0 Å². The number of nitrogens with zero attached hydrogens (tertiary/aromatic N) is 4. The van der Waals surface area contributed by atoms with Crippen molar-refractivity contribution in [1.82, 2.24) is 19.5 Å². The van der Waals surface area contributed by atoms with Crippen LogP contribution in [-0.4, -0.2) is 19.5 Å². The summed E-state index contributed by atoms with van der Waals surface area (Å²) in [6.07, 6.45) is 0. The van der Waals surface area contributed by atoms with Gasteiger partial charge in [-0.2, -0.15) is 0 Å². The van der Waals surface area contributed by atoms with Gasteiger partial charge in [0.15, 0.2) is 17.5 Å². The van der Waals surface area contributed by atoms with Crippen LogP contribution >= 0.6 is 0 Å². The largest absolute Gasteiger partial charge is 0.308 e. The molecule has 0 saturated heterocycles.